The van der Waals surface area contributed by atoms with Gasteiger partial charge in [0, 0.05) is 24.3 Å². The molecule has 0 radical (unpaired) electrons. The Labute approximate surface area is 96.2 Å². The van der Waals surface area contributed by atoms with E-state index in [-0.39, 0.29) is 5.54 Å². The summed E-state index contributed by atoms with van der Waals surface area (Å²) in [6.45, 7) is 6.39. The highest BCUT2D eigenvalue weighted by molar-refractivity contribution is 5.29. The molecule has 3 N–H and O–H groups in total. The van der Waals surface area contributed by atoms with Crippen LogP contribution in [0.15, 0.2) is 0 Å². The molecule has 0 spiro atoms. The van der Waals surface area contributed by atoms with Crippen molar-refractivity contribution < 1.29 is 0 Å². The first-order valence-corrected chi connectivity index (χ1v) is 6.13. The molecular weight excluding hydrogens is 200 g/mol. The molecule has 0 atom stereocenters. The number of hydrogen-bond donors (Lipinski definition) is 2. The number of hydrogen-bond acceptors (Lipinski definition) is 3. The van der Waals surface area contributed by atoms with E-state index in [0.29, 0.717) is 6.04 Å². The van der Waals surface area contributed by atoms with Gasteiger partial charge >= 0.3 is 0 Å². The summed E-state index contributed by atoms with van der Waals surface area (Å²) in [6, 6.07) is 0.556. The molecule has 4 nitrogen and oxygen atoms in total. The van der Waals surface area contributed by atoms with Gasteiger partial charge in [0.15, 0.2) is 0 Å². The van der Waals surface area contributed by atoms with E-state index >= 15 is 0 Å². The fourth-order valence-corrected chi connectivity index (χ4v) is 2.44. The molecule has 1 aliphatic heterocycles. The Balaban J connectivity index is 1.88. The number of aromatic nitrogens is 2. The van der Waals surface area contributed by atoms with E-state index in [9.17, 15) is 0 Å². The molecule has 88 valence electrons. The van der Waals surface area contributed by atoms with E-state index in [1.165, 1.54) is 29.8 Å². The molecule has 0 aromatic carbocycles. The lowest BCUT2D eigenvalue weighted by molar-refractivity contribution is 0.312. The van der Waals surface area contributed by atoms with Gasteiger partial charge < -0.3 is 11.1 Å². The van der Waals surface area contributed by atoms with E-state index in [2.05, 4.69) is 28.9 Å². The molecule has 2 fully saturated rings. The Morgan fingerprint density at radius 1 is 1.44 bits per heavy atom. The highest BCUT2D eigenvalue weighted by Crippen LogP contribution is 2.37. The minimum absolute atomic E-state index is 0.0846. The molecule has 2 aliphatic rings. The summed E-state index contributed by atoms with van der Waals surface area (Å²) in [7, 11) is 0. The van der Waals surface area contributed by atoms with Crippen LogP contribution in [0.5, 0.6) is 0 Å². The molecule has 16 heavy (non-hydrogen) atoms. The zero-order valence-electron chi connectivity index (χ0n) is 10.1. The fourth-order valence-electron chi connectivity index (χ4n) is 2.44. The monoisotopic (exact) mass is 220 g/mol. The molecule has 3 rings (SSSR count). The quantitative estimate of drug-likeness (QED) is 0.787. The molecule has 0 unspecified atom stereocenters. The van der Waals surface area contributed by atoms with Crippen LogP contribution in [-0.2, 0) is 6.42 Å². The largest absolute Gasteiger partial charge is 0.325 e. The summed E-state index contributed by atoms with van der Waals surface area (Å²) < 4.78 is 2.19. The van der Waals surface area contributed by atoms with Crippen LogP contribution in [0, 0.1) is 13.8 Å². The number of nitrogens with one attached hydrogen (secondary N) is 1. The lowest BCUT2D eigenvalue weighted by atomic mass is 10.0. The zero-order valence-corrected chi connectivity index (χ0v) is 10.1. The van der Waals surface area contributed by atoms with Crippen LogP contribution in [0.4, 0.5) is 0 Å². The molecule has 1 saturated heterocycles. The Hall–Kier alpha value is -0.870. The molecule has 2 heterocycles. The van der Waals surface area contributed by atoms with Gasteiger partial charge in [-0.25, -0.2) is 0 Å². The Bertz CT molecular complexity index is 413. The number of nitrogens with zero attached hydrogens (tertiary/aromatic N) is 2. The van der Waals surface area contributed by atoms with E-state index in [1.54, 1.807) is 0 Å². The Kier molecular flexibility index (Phi) is 2.13. The fraction of sp³-hybridized carbons (Fsp3) is 0.750. The predicted octanol–water partition coefficient (Wildman–Crippen LogP) is 0.678. The van der Waals surface area contributed by atoms with Gasteiger partial charge in [-0.15, -0.1) is 0 Å². The normalized spacial score (nSPS) is 23.2. The Morgan fingerprint density at radius 2 is 2.12 bits per heavy atom. The van der Waals surface area contributed by atoms with Gasteiger partial charge in [0.25, 0.3) is 0 Å². The zero-order chi connectivity index (χ0) is 11.3. The van der Waals surface area contributed by atoms with Crippen molar-refractivity contribution in [3.8, 4) is 0 Å². The summed E-state index contributed by atoms with van der Waals surface area (Å²) in [5.74, 6) is 0. The van der Waals surface area contributed by atoms with E-state index < -0.39 is 0 Å². The lowest BCUT2D eigenvalue weighted by Gasteiger charge is -2.28. The maximum absolute atomic E-state index is 6.20. The molecule has 0 bridgehead atoms. The summed E-state index contributed by atoms with van der Waals surface area (Å²) in [6.07, 6.45) is 3.34. The van der Waals surface area contributed by atoms with Gasteiger partial charge in [0.2, 0.25) is 0 Å². The first-order valence-electron chi connectivity index (χ1n) is 6.13. The average Bonchev–Trinajstić information content (AvgIpc) is 2.82. The van der Waals surface area contributed by atoms with Crippen LogP contribution in [0.1, 0.15) is 35.8 Å². The summed E-state index contributed by atoms with van der Waals surface area (Å²) in [5.41, 5.74) is 10.2. The van der Waals surface area contributed by atoms with Gasteiger partial charge in [-0.05, 0) is 38.7 Å². The second-order valence-corrected chi connectivity index (χ2v) is 5.45. The van der Waals surface area contributed by atoms with E-state index in [0.717, 1.165) is 19.5 Å². The molecule has 1 aliphatic carbocycles. The first kappa shape index (κ1) is 10.3. The van der Waals surface area contributed by atoms with Crippen molar-refractivity contribution in [2.24, 2.45) is 5.73 Å². The standard InChI is InChI=1S/C12H20N4/c1-8-11(5-12(13)3-4-12)9(2)16(15-8)10-6-14-7-10/h10,14H,3-7,13H2,1-2H3. The third kappa shape index (κ3) is 1.57. The third-order valence-electron chi connectivity index (χ3n) is 4.00. The van der Waals surface area contributed by atoms with Crippen LogP contribution in [0.2, 0.25) is 0 Å². The van der Waals surface area contributed by atoms with Crippen LogP contribution in [0.3, 0.4) is 0 Å². The van der Waals surface area contributed by atoms with Crippen molar-refractivity contribution in [1.29, 1.82) is 0 Å². The van der Waals surface area contributed by atoms with Gasteiger partial charge in [-0.1, -0.05) is 0 Å². The highest BCUT2D eigenvalue weighted by atomic mass is 15.3. The topological polar surface area (TPSA) is 55.9 Å². The van der Waals surface area contributed by atoms with Crippen molar-refractivity contribution in [3.05, 3.63) is 17.0 Å². The van der Waals surface area contributed by atoms with Crippen molar-refractivity contribution in [3.63, 3.8) is 0 Å². The third-order valence-corrected chi connectivity index (χ3v) is 4.00. The van der Waals surface area contributed by atoms with Gasteiger partial charge in [0.1, 0.15) is 0 Å². The van der Waals surface area contributed by atoms with Crippen molar-refractivity contribution in [2.75, 3.05) is 13.1 Å². The second kappa shape index (κ2) is 3.31. The minimum atomic E-state index is 0.0846. The van der Waals surface area contributed by atoms with Crippen LogP contribution in [0.25, 0.3) is 0 Å². The van der Waals surface area contributed by atoms with Gasteiger partial charge in [0.05, 0.1) is 11.7 Å². The number of nitrogens with two attached hydrogens (primary N) is 1. The van der Waals surface area contributed by atoms with Crippen LogP contribution >= 0.6 is 0 Å². The average molecular weight is 220 g/mol. The maximum Gasteiger partial charge on any atom is 0.0770 e. The Morgan fingerprint density at radius 3 is 2.62 bits per heavy atom. The molecule has 1 aromatic heterocycles. The maximum atomic E-state index is 6.20. The van der Waals surface area contributed by atoms with Crippen molar-refractivity contribution >= 4 is 0 Å². The molecule has 1 aromatic rings. The van der Waals surface area contributed by atoms with Crippen molar-refractivity contribution in [1.82, 2.24) is 15.1 Å². The summed E-state index contributed by atoms with van der Waals surface area (Å²) in [5, 5.41) is 7.96. The summed E-state index contributed by atoms with van der Waals surface area (Å²) >= 11 is 0. The predicted molar refractivity (Wildman–Crippen MR) is 63.5 cm³/mol. The van der Waals surface area contributed by atoms with Crippen LogP contribution < -0.4 is 11.1 Å². The van der Waals surface area contributed by atoms with Crippen LogP contribution in [-0.4, -0.2) is 28.4 Å². The van der Waals surface area contributed by atoms with Gasteiger partial charge in [-0.3, -0.25) is 4.68 Å². The van der Waals surface area contributed by atoms with E-state index in [4.69, 9.17) is 5.73 Å². The van der Waals surface area contributed by atoms with Crippen molar-refractivity contribution in [2.45, 2.75) is 44.7 Å². The second-order valence-electron chi connectivity index (χ2n) is 5.45. The van der Waals surface area contributed by atoms with Gasteiger partial charge in [-0.2, -0.15) is 5.10 Å². The smallest absolute Gasteiger partial charge is 0.0770 e. The SMILES string of the molecule is Cc1nn(C2CNC2)c(C)c1CC1(N)CC1. The molecule has 1 saturated carbocycles. The number of rotatable bonds is 3. The summed E-state index contributed by atoms with van der Waals surface area (Å²) in [4.78, 5) is 0. The molecule has 4 heteroatoms. The first-order chi connectivity index (χ1) is 7.59. The molecule has 0 amide bonds. The minimum Gasteiger partial charge on any atom is -0.325 e. The number of aryl methyl sites for hydroxylation is 1. The molecular formula is C12H20N4. The lowest BCUT2D eigenvalue weighted by Crippen LogP contribution is -2.44. The highest BCUT2D eigenvalue weighted by Gasteiger charge is 2.39. The van der Waals surface area contributed by atoms with E-state index in [1.807, 2.05) is 0 Å².